The second-order valence-corrected chi connectivity index (χ2v) is 4.08. The number of nitrogens with one attached hydrogen (secondary N) is 1. The molecule has 1 aliphatic heterocycles. The third kappa shape index (κ3) is 1.98. The molecular weight excluding hydrogens is 211 g/mol. The molecule has 0 saturated carbocycles. The minimum Gasteiger partial charge on any atom is -0.381 e. The highest BCUT2D eigenvalue weighted by Crippen LogP contribution is 2.30. The molecular formula is C11H13FN2O2. The number of hydrogen-bond acceptors (Lipinski definition) is 3. The van der Waals surface area contributed by atoms with Crippen molar-refractivity contribution in [3.8, 4) is 0 Å². The molecule has 0 aromatic rings. The van der Waals surface area contributed by atoms with E-state index in [0.717, 1.165) is 0 Å². The van der Waals surface area contributed by atoms with Crippen LogP contribution in [0.25, 0.3) is 0 Å². The first-order valence-electron chi connectivity index (χ1n) is 5.25. The van der Waals surface area contributed by atoms with Crippen molar-refractivity contribution in [1.29, 1.82) is 0 Å². The van der Waals surface area contributed by atoms with Crippen LogP contribution in [0.4, 0.5) is 4.39 Å². The van der Waals surface area contributed by atoms with E-state index in [4.69, 9.17) is 5.73 Å². The molecule has 0 radical (unpaired) electrons. The van der Waals surface area contributed by atoms with E-state index in [-0.39, 0.29) is 42.5 Å². The molecule has 1 heterocycles. The minimum absolute atomic E-state index is 0.0952. The number of nitrogens with two attached hydrogens (primary N) is 1. The lowest BCUT2D eigenvalue weighted by Gasteiger charge is -2.29. The van der Waals surface area contributed by atoms with Gasteiger partial charge in [-0.15, -0.1) is 0 Å². The van der Waals surface area contributed by atoms with Gasteiger partial charge in [0.25, 0.3) is 0 Å². The summed E-state index contributed by atoms with van der Waals surface area (Å²) in [7, 11) is 0. The number of allylic oxidation sites excluding steroid dienone is 3. The van der Waals surface area contributed by atoms with Crippen LogP contribution >= 0.6 is 0 Å². The summed E-state index contributed by atoms with van der Waals surface area (Å²) < 4.78 is 13.4. The first-order chi connectivity index (χ1) is 7.58. The first kappa shape index (κ1) is 10.9. The van der Waals surface area contributed by atoms with Crippen LogP contribution in [0, 0.1) is 0 Å². The molecule has 1 amide bonds. The number of piperidine rings is 1. The van der Waals surface area contributed by atoms with Gasteiger partial charge in [0.05, 0.1) is 5.57 Å². The van der Waals surface area contributed by atoms with Gasteiger partial charge in [-0.05, 0) is 6.42 Å². The summed E-state index contributed by atoms with van der Waals surface area (Å²) in [5.74, 6) is -1.06. The van der Waals surface area contributed by atoms with Crippen LogP contribution in [0.15, 0.2) is 23.2 Å². The second kappa shape index (κ2) is 4.08. The van der Waals surface area contributed by atoms with Gasteiger partial charge in [-0.3, -0.25) is 9.59 Å². The molecule has 5 heteroatoms. The number of carbonyl (C=O) groups is 2. The number of amides is 1. The van der Waals surface area contributed by atoms with E-state index in [0.29, 0.717) is 12.1 Å². The highest BCUT2D eigenvalue weighted by Gasteiger charge is 2.31. The van der Waals surface area contributed by atoms with Crippen molar-refractivity contribution >= 4 is 11.7 Å². The van der Waals surface area contributed by atoms with E-state index in [1.807, 2.05) is 0 Å². The van der Waals surface area contributed by atoms with Crippen molar-refractivity contribution in [1.82, 2.24) is 5.32 Å². The number of carbonyl (C=O) groups excluding carboxylic acids is 2. The molecule has 1 atom stereocenters. The highest BCUT2D eigenvalue weighted by atomic mass is 19.1. The summed E-state index contributed by atoms with van der Waals surface area (Å²) in [4.78, 5) is 22.5. The van der Waals surface area contributed by atoms with Gasteiger partial charge in [0.15, 0.2) is 5.78 Å². The number of halogens is 1. The zero-order chi connectivity index (χ0) is 11.7. The van der Waals surface area contributed by atoms with E-state index in [9.17, 15) is 14.0 Å². The van der Waals surface area contributed by atoms with Crippen LogP contribution in [-0.2, 0) is 9.59 Å². The Hall–Kier alpha value is -1.65. The SMILES string of the molecule is NC(=O)CC1CC(=O)C2=C(F)CCC=C2N1. The standard InChI is InChI=1S/C11H13FN2O2/c12-7-2-1-3-8-11(7)9(15)4-6(14-8)5-10(13)16/h3,6,14H,1-2,4-5H2,(H2,13,16). The maximum absolute atomic E-state index is 13.4. The molecule has 3 N–H and O–H groups in total. The number of Topliss-reactive ketones (excluding diaryl/α,β-unsaturated/α-hetero) is 1. The van der Waals surface area contributed by atoms with Crippen molar-refractivity contribution < 1.29 is 14.0 Å². The van der Waals surface area contributed by atoms with Gasteiger partial charge in [0.2, 0.25) is 5.91 Å². The second-order valence-electron chi connectivity index (χ2n) is 4.08. The summed E-state index contributed by atoms with van der Waals surface area (Å²) >= 11 is 0. The lowest BCUT2D eigenvalue weighted by atomic mass is 9.89. The smallest absolute Gasteiger partial charge is 0.219 e. The third-order valence-corrected chi connectivity index (χ3v) is 2.77. The van der Waals surface area contributed by atoms with Crippen LogP contribution in [0.3, 0.4) is 0 Å². The van der Waals surface area contributed by atoms with Crippen molar-refractivity contribution in [2.75, 3.05) is 0 Å². The molecule has 16 heavy (non-hydrogen) atoms. The lowest BCUT2D eigenvalue weighted by Crippen LogP contribution is -2.41. The van der Waals surface area contributed by atoms with E-state index in [1.54, 1.807) is 6.08 Å². The van der Waals surface area contributed by atoms with E-state index in [1.165, 1.54) is 0 Å². The average Bonchev–Trinajstić information content (AvgIpc) is 2.15. The molecule has 1 aliphatic carbocycles. The van der Waals surface area contributed by atoms with Crippen molar-refractivity contribution in [3.05, 3.63) is 23.2 Å². The summed E-state index contributed by atoms with van der Waals surface area (Å²) in [6.45, 7) is 0. The van der Waals surface area contributed by atoms with E-state index < -0.39 is 5.91 Å². The zero-order valence-corrected chi connectivity index (χ0v) is 8.75. The molecule has 1 saturated heterocycles. The van der Waals surface area contributed by atoms with Gasteiger partial charge >= 0.3 is 0 Å². The maximum atomic E-state index is 13.4. The molecule has 4 nitrogen and oxygen atoms in total. The Labute approximate surface area is 92.4 Å². The topological polar surface area (TPSA) is 72.2 Å². The Morgan fingerprint density at radius 2 is 2.38 bits per heavy atom. The minimum atomic E-state index is -0.463. The fourth-order valence-electron chi connectivity index (χ4n) is 2.11. The van der Waals surface area contributed by atoms with Crippen LogP contribution in [0.1, 0.15) is 25.7 Å². The summed E-state index contributed by atoms with van der Waals surface area (Å²) in [5, 5.41) is 2.99. The Balaban J connectivity index is 2.20. The Morgan fingerprint density at radius 3 is 3.06 bits per heavy atom. The first-order valence-corrected chi connectivity index (χ1v) is 5.25. The number of hydrogen-bond donors (Lipinski definition) is 2. The molecule has 0 aromatic carbocycles. The highest BCUT2D eigenvalue weighted by molar-refractivity contribution is 6.01. The van der Waals surface area contributed by atoms with Gasteiger partial charge in [-0.25, -0.2) is 4.39 Å². The Bertz CT molecular complexity index is 412. The zero-order valence-electron chi connectivity index (χ0n) is 8.75. The van der Waals surface area contributed by atoms with Gasteiger partial charge in [0.1, 0.15) is 5.83 Å². The predicted molar refractivity (Wildman–Crippen MR) is 55.8 cm³/mol. The molecule has 1 fully saturated rings. The molecule has 86 valence electrons. The maximum Gasteiger partial charge on any atom is 0.219 e. The Morgan fingerprint density at radius 1 is 1.62 bits per heavy atom. The van der Waals surface area contributed by atoms with Crippen molar-refractivity contribution in [3.63, 3.8) is 0 Å². The van der Waals surface area contributed by atoms with Crippen LogP contribution in [0.5, 0.6) is 0 Å². The van der Waals surface area contributed by atoms with Gasteiger partial charge in [0, 0.05) is 31.0 Å². The lowest BCUT2D eigenvalue weighted by molar-refractivity contribution is -0.119. The summed E-state index contributed by atoms with van der Waals surface area (Å²) in [6.07, 6.45) is 2.88. The van der Waals surface area contributed by atoms with Gasteiger partial charge < -0.3 is 11.1 Å². The number of fused-ring (bicyclic) bond motifs is 1. The predicted octanol–water partition coefficient (Wildman–Crippen LogP) is 0.694. The van der Waals surface area contributed by atoms with Crippen LogP contribution in [0.2, 0.25) is 0 Å². The number of rotatable bonds is 2. The molecule has 2 aliphatic rings. The Kier molecular flexibility index (Phi) is 2.77. The normalized spacial score (nSPS) is 24.7. The number of primary amides is 1. The molecule has 0 bridgehead atoms. The fraction of sp³-hybridized carbons (Fsp3) is 0.455. The molecule has 2 rings (SSSR count). The van der Waals surface area contributed by atoms with Gasteiger partial charge in [-0.1, -0.05) is 6.08 Å². The van der Waals surface area contributed by atoms with Crippen molar-refractivity contribution in [2.24, 2.45) is 5.73 Å². The molecule has 1 unspecified atom stereocenters. The van der Waals surface area contributed by atoms with Crippen LogP contribution < -0.4 is 11.1 Å². The molecule has 0 aromatic heterocycles. The molecule has 0 spiro atoms. The third-order valence-electron chi connectivity index (χ3n) is 2.77. The van der Waals surface area contributed by atoms with E-state index >= 15 is 0 Å². The summed E-state index contributed by atoms with van der Waals surface area (Å²) in [5.41, 5.74) is 5.75. The number of ketones is 1. The van der Waals surface area contributed by atoms with E-state index in [2.05, 4.69) is 5.32 Å². The summed E-state index contributed by atoms with van der Waals surface area (Å²) in [6, 6.07) is -0.300. The quantitative estimate of drug-likeness (QED) is 0.725. The largest absolute Gasteiger partial charge is 0.381 e. The monoisotopic (exact) mass is 224 g/mol. The fourth-order valence-corrected chi connectivity index (χ4v) is 2.11. The van der Waals surface area contributed by atoms with Crippen molar-refractivity contribution in [2.45, 2.75) is 31.7 Å². The van der Waals surface area contributed by atoms with Crippen LogP contribution in [-0.4, -0.2) is 17.7 Å². The van der Waals surface area contributed by atoms with Gasteiger partial charge in [-0.2, -0.15) is 0 Å². The average molecular weight is 224 g/mol.